The summed E-state index contributed by atoms with van der Waals surface area (Å²) in [5.74, 6) is 3.86. The molecule has 17 heavy (non-hydrogen) atoms. The Morgan fingerprint density at radius 3 is 2.12 bits per heavy atom. The lowest BCUT2D eigenvalue weighted by Crippen LogP contribution is -2.27. The third-order valence-electron chi connectivity index (χ3n) is 4.66. The summed E-state index contributed by atoms with van der Waals surface area (Å²) in [6.07, 6.45) is 3.33. The number of hydrogen-bond acceptors (Lipinski definition) is 2. The van der Waals surface area contributed by atoms with Gasteiger partial charge >= 0.3 is 0 Å². The van der Waals surface area contributed by atoms with E-state index in [4.69, 9.17) is 4.74 Å². The van der Waals surface area contributed by atoms with Crippen molar-refractivity contribution < 1.29 is 4.74 Å². The van der Waals surface area contributed by atoms with Crippen molar-refractivity contribution in [2.75, 3.05) is 26.2 Å². The monoisotopic (exact) mass is 239 g/mol. The first-order valence-corrected chi connectivity index (χ1v) is 7.40. The van der Waals surface area contributed by atoms with E-state index < -0.39 is 0 Å². The van der Waals surface area contributed by atoms with Gasteiger partial charge in [0.2, 0.25) is 0 Å². The SMILES string of the molecule is CC(C)OCCN1C[C@H]2CC(C(C)C)C[C@H]2C1. The van der Waals surface area contributed by atoms with E-state index in [9.17, 15) is 0 Å². The highest BCUT2D eigenvalue weighted by Crippen LogP contribution is 2.44. The van der Waals surface area contributed by atoms with Gasteiger partial charge < -0.3 is 9.64 Å². The molecule has 1 heterocycles. The summed E-state index contributed by atoms with van der Waals surface area (Å²) >= 11 is 0. The molecular weight excluding hydrogens is 210 g/mol. The Bertz CT molecular complexity index is 225. The van der Waals surface area contributed by atoms with Crippen molar-refractivity contribution in [3.05, 3.63) is 0 Å². The fourth-order valence-electron chi connectivity index (χ4n) is 3.59. The van der Waals surface area contributed by atoms with Crippen LogP contribution in [0, 0.1) is 23.7 Å². The molecule has 1 aliphatic carbocycles. The smallest absolute Gasteiger partial charge is 0.0596 e. The zero-order chi connectivity index (χ0) is 12.4. The molecule has 2 fully saturated rings. The molecule has 0 radical (unpaired) electrons. The van der Waals surface area contributed by atoms with Crippen LogP contribution in [-0.4, -0.2) is 37.2 Å². The van der Waals surface area contributed by atoms with Crippen molar-refractivity contribution in [1.29, 1.82) is 0 Å². The maximum Gasteiger partial charge on any atom is 0.0596 e. The summed E-state index contributed by atoms with van der Waals surface area (Å²) in [6.45, 7) is 13.7. The van der Waals surface area contributed by atoms with Gasteiger partial charge in [-0.2, -0.15) is 0 Å². The van der Waals surface area contributed by atoms with Crippen molar-refractivity contribution in [2.45, 2.75) is 46.6 Å². The van der Waals surface area contributed by atoms with Crippen LogP contribution in [0.1, 0.15) is 40.5 Å². The fourth-order valence-corrected chi connectivity index (χ4v) is 3.59. The molecule has 2 aliphatic rings. The minimum absolute atomic E-state index is 0.377. The molecule has 0 spiro atoms. The number of likely N-dealkylation sites (tertiary alicyclic amines) is 1. The van der Waals surface area contributed by atoms with Gasteiger partial charge in [0.25, 0.3) is 0 Å². The molecule has 2 nitrogen and oxygen atoms in total. The van der Waals surface area contributed by atoms with Crippen LogP contribution in [0.5, 0.6) is 0 Å². The number of hydrogen-bond donors (Lipinski definition) is 0. The predicted octanol–water partition coefficient (Wildman–Crippen LogP) is 3.03. The zero-order valence-electron chi connectivity index (χ0n) is 12.0. The third kappa shape index (κ3) is 3.45. The summed E-state index contributed by atoms with van der Waals surface area (Å²) < 4.78 is 5.64. The summed E-state index contributed by atoms with van der Waals surface area (Å²) in [6, 6.07) is 0. The molecule has 1 unspecified atom stereocenters. The van der Waals surface area contributed by atoms with E-state index >= 15 is 0 Å². The molecule has 0 bridgehead atoms. The molecule has 0 aromatic rings. The number of fused-ring (bicyclic) bond motifs is 1. The van der Waals surface area contributed by atoms with Crippen LogP contribution in [0.15, 0.2) is 0 Å². The first-order chi connectivity index (χ1) is 8.06. The molecule has 100 valence electrons. The van der Waals surface area contributed by atoms with E-state index in [1.54, 1.807) is 0 Å². The van der Waals surface area contributed by atoms with Crippen LogP contribution in [0.3, 0.4) is 0 Å². The standard InChI is InChI=1S/C15H29NO/c1-11(2)13-7-14-9-16(10-15(14)8-13)5-6-17-12(3)4/h11-15H,5-10H2,1-4H3/t13?,14-,15+. The van der Waals surface area contributed by atoms with Gasteiger partial charge in [0.05, 0.1) is 12.7 Å². The normalized spacial score (nSPS) is 33.9. The highest BCUT2D eigenvalue weighted by atomic mass is 16.5. The average Bonchev–Trinajstić information content (AvgIpc) is 2.73. The third-order valence-corrected chi connectivity index (χ3v) is 4.66. The lowest BCUT2D eigenvalue weighted by Gasteiger charge is -2.20. The number of nitrogens with zero attached hydrogens (tertiary/aromatic N) is 1. The lowest BCUT2D eigenvalue weighted by molar-refractivity contribution is 0.0616. The largest absolute Gasteiger partial charge is 0.377 e. The Hall–Kier alpha value is -0.0800. The molecule has 2 rings (SSSR count). The topological polar surface area (TPSA) is 12.5 Å². The van der Waals surface area contributed by atoms with Crippen LogP contribution in [-0.2, 0) is 4.74 Å². The van der Waals surface area contributed by atoms with E-state index in [0.717, 1.165) is 36.8 Å². The summed E-state index contributed by atoms with van der Waals surface area (Å²) in [5.41, 5.74) is 0. The van der Waals surface area contributed by atoms with Gasteiger partial charge in [-0.15, -0.1) is 0 Å². The molecule has 0 aromatic carbocycles. The van der Waals surface area contributed by atoms with Crippen molar-refractivity contribution in [3.8, 4) is 0 Å². The van der Waals surface area contributed by atoms with Gasteiger partial charge in [0, 0.05) is 19.6 Å². The minimum atomic E-state index is 0.377. The summed E-state index contributed by atoms with van der Waals surface area (Å²) in [7, 11) is 0. The first kappa shape index (κ1) is 13.4. The molecule has 1 saturated carbocycles. The Balaban J connectivity index is 1.69. The second kappa shape index (κ2) is 5.71. The summed E-state index contributed by atoms with van der Waals surface area (Å²) in [4.78, 5) is 2.62. The lowest BCUT2D eigenvalue weighted by atomic mass is 9.93. The maximum atomic E-state index is 5.64. The average molecular weight is 239 g/mol. The van der Waals surface area contributed by atoms with Gasteiger partial charge in [-0.1, -0.05) is 13.8 Å². The van der Waals surface area contributed by atoms with E-state index in [0.29, 0.717) is 6.10 Å². The van der Waals surface area contributed by atoms with Crippen molar-refractivity contribution in [3.63, 3.8) is 0 Å². The molecule has 0 aromatic heterocycles. The van der Waals surface area contributed by atoms with Gasteiger partial charge in [-0.05, 0) is 50.4 Å². The molecule has 3 atom stereocenters. The van der Waals surface area contributed by atoms with E-state index in [1.807, 2.05) is 0 Å². The highest BCUT2D eigenvalue weighted by Gasteiger charge is 2.41. The van der Waals surface area contributed by atoms with Crippen LogP contribution in [0.4, 0.5) is 0 Å². The quantitative estimate of drug-likeness (QED) is 0.731. The van der Waals surface area contributed by atoms with Gasteiger partial charge in [0.15, 0.2) is 0 Å². The van der Waals surface area contributed by atoms with Crippen molar-refractivity contribution in [1.82, 2.24) is 4.90 Å². The first-order valence-electron chi connectivity index (χ1n) is 7.40. The van der Waals surface area contributed by atoms with Gasteiger partial charge in [-0.3, -0.25) is 0 Å². The number of rotatable bonds is 5. The van der Waals surface area contributed by atoms with Crippen molar-refractivity contribution in [2.24, 2.45) is 23.7 Å². The molecular formula is C15H29NO. The molecule has 2 heteroatoms. The Morgan fingerprint density at radius 1 is 1.06 bits per heavy atom. The van der Waals surface area contributed by atoms with Crippen LogP contribution >= 0.6 is 0 Å². The van der Waals surface area contributed by atoms with Gasteiger partial charge in [-0.25, -0.2) is 0 Å². The van der Waals surface area contributed by atoms with Gasteiger partial charge in [0.1, 0.15) is 0 Å². The number of ether oxygens (including phenoxy) is 1. The van der Waals surface area contributed by atoms with E-state index in [1.165, 1.54) is 25.9 Å². The van der Waals surface area contributed by atoms with Crippen LogP contribution in [0.25, 0.3) is 0 Å². The second-order valence-corrected chi connectivity index (χ2v) is 6.67. The van der Waals surface area contributed by atoms with Crippen LogP contribution in [0.2, 0.25) is 0 Å². The van der Waals surface area contributed by atoms with E-state index in [-0.39, 0.29) is 0 Å². The van der Waals surface area contributed by atoms with Crippen LogP contribution < -0.4 is 0 Å². The second-order valence-electron chi connectivity index (χ2n) is 6.67. The Morgan fingerprint density at radius 2 is 1.65 bits per heavy atom. The summed E-state index contributed by atoms with van der Waals surface area (Å²) in [5, 5.41) is 0. The molecule has 0 amide bonds. The van der Waals surface area contributed by atoms with E-state index in [2.05, 4.69) is 32.6 Å². The minimum Gasteiger partial charge on any atom is -0.377 e. The molecule has 0 N–H and O–H groups in total. The maximum absolute atomic E-state index is 5.64. The predicted molar refractivity (Wildman–Crippen MR) is 72.1 cm³/mol. The fraction of sp³-hybridized carbons (Fsp3) is 1.00. The Labute approximate surface area is 107 Å². The molecule has 1 saturated heterocycles. The highest BCUT2D eigenvalue weighted by molar-refractivity contribution is 4.92. The van der Waals surface area contributed by atoms with Crippen molar-refractivity contribution >= 4 is 0 Å². The Kier molecular flexibility index (Phi) is 4.48. The zero-order valence-corrected chi connectivity index (χ0v) is 12.0. The molecule has 1 aliphatic heterocycles.